The van der Waals surface area contributed by atoms with E-state index in [4.69, 9.17) is 0 Å². The van der Waals surface area contributed by atoms with Crippen molar-refractivity contribution in [2.24, 2.45) is 17.8 Å². The Hall–Kier alpha value is -2.44. The number of hydrogen-bond donors (Lipinski definition) is 1. The molecule has 1 saturated heterocycles. The maximum atomic E-state index is 12.8. The summed E-state index contributed by atoms with van der Waals surface area (Å²) in [4.78, 5) is 30.3. The quantitative estimate of drug-likeness (QED) is 0.923. The molecule has 2 atom stereocenters. The Morgan fingerprint density at radius 1 is 1.21 bits per heavy atom. The lowest BCUT2D eigenvalue weighted by molar-refractivity contribution is -0.142. The van der Waals surface area contributed by atoms with Crippen LogP contribution in [0.3, 0.4) is 0 Å². The van der Waals surface area contributed by atoms with Crippen molar-refractivity contribution in [3.8, 4) is 0 Å². The SMILES string of the molecule is Cc1cc(C)n2nc(C(=O)N3C[C@@H](C(=O)O)[C@H](C4CC4)C3)cc2n1. The summed E-state index contributed by atoms with van der Waals surface area (Å²) in [5, 5.41) is 13.8. The summed E-state index contributed by atoms with van der Waals surface area (Å²) in [5.74, 6) is -0.931. The number of carboxylic acid groups (broad SMARTS) is 1. The first kappa shape index (κ1) is 15.1. The first-order valence-electron chi connectivity index (χ1n) is 8.30. The summed E-state index contributed by atoms with van der Waals surface area (Å²) in [7, 11) is 0. The van der Waals surface area contributed by atoms with Crippen molar-refractivity contribution in [1.29, 1.82) is 0 Å². The number of aryl methyl sites for hydroxylation is 2. The number of aliphatic carboxylic acids is 1. The van der Waals surface area contributed by atoms with Gasteiger partial charge in [0.05, 0.1) is 5.92 Å². The van der Waals surface area contributed by atoms with E-state index < -0.39 is 11.9 Å². The summed E-state index contributed by atoms with van der Waals surface area (Å²) in [6.45, 7) is 4.61. The Bertz CT molecular complexity index is 840. The third-order valence-electron chi connectivity index (χ3n) is 5.15. The van der Waals surface area contributed by atoms with Crippen LogP contribution in [0.5, 0.6) is 0 Å². The molecule has 2 aliphatic rings. The van der Waals surface area contributed by atoms with Gasteiger partial charge in [-0.05, 0) is 44.6 Å². The molecule has 1 amide bonds. The van der Waals surface area contributed by atoms with Crippen LogP contribution in [0.1, 0.15) is 34.7 Å². The number of hydrogen-bond acceptors (Lipinski definition) is 4. The molecule has 0 spiro atoms. The number of carboxylic acids is 1. The van der Waals surface area contributed by atoms with Crippen LogP contribution in [0, 0.1) is 31.6 Å². The second-order valence-corrected chi connectivity index (χ2v) is 6.99. The molecule has 0 radical (unpaired) electrons. The van der Waals surface area contributed by atoms with E-state index in [0.717, 1.165) is 24.2 Å². The second-order valence-electron chi connectivity index (χ2n) is 6.99. The lowest BCUT2D eigenvalue weighted by Gasteiger charge is -2.14. The van der Waals surface area contributed by atoms with E-state index in [-0.39, 0.29) is 18.4 Å². The third-order valence-corrected chi connectivity index (χ3v) is 5.15. The molecule has 24 heavy (non-hydrogen) atoms. The van der Waals surface area contributed by atoms with Gasteiger partial charge in [0.25, 0.3) is 5.91 Å². The molecule has 1 aliphatic carbocycles. The maximum absolute atomic E-state index is 12.8. The van der Waals surface area contributed by atoms with Crippen molar-refractivity contribution in [3.05, 3.63) is 29.2 Å². The van der Waals surface area contributed by atoms with Gasteiger partial charge < -0.3 is 10.0 Å². The van der Waals surface area contributed by atoms with Crippen LogP contribution in [0.15, 0.2) is 12.1 Å². The predicted molar refractivity (Wildman–Crippen MR) is 85.7 cm³/mol. The minimum absolute atomic E-state index is 0.0746. The number of likely N-dealkylation sites (tertiary alicyclic amines) is 1. The zero-order valence-electron chi connectivity index (χ0n) is 13.8. The molecule has 7 heteroatoms. The van der Waals surface area contributed by atoms with Gasteiger partial charge in [0.15, 0.2) is 11.3 Å². The molecular formula is C17H20N4O3. The molecule has 2 fully saturated rings. The standard InChI is InChI=1S/C17H20N4O3/c1-9-5-10(2)21-15(18-9)6-14(19-21)16(22)20-7-12(11-3-4-11)13(8-20)17(23)24/h5-6,11-13H,3-4,7-8H2,1-2H3,(H,23,24)/t12-,13+/m0/s1. The summed E-state index contributed by atoms with van der Waals surface area (Å²) in [6, 6.07) is 3.59. The molecular weight excluding hydrogens is 308 g/mol. The lowest BCUT2D eigenvalue weighted by Crippen LogP contribution is -2.30. The fourth-order valence-corrected chi connectivity index (χ4v) is 3.81. The van der Waals surface area contributed by atoms with Crippen LogP contribution in [-0.4, -0.2) is 49.6 Å². The van der Waals surface area contributed by atoms with Crippen LogP contribution >= 0.6 is 0 Å². The Labute approximate surface area is 139 Å². The largest absolute Gasteiger partial charge is 0.481 e. The summed E-state index contributed by atoms with van der Waals surface area (Å²) >= 11 is 0. The molecule has 1 aliphatic heterocycles. The smallest absolute Gasteiger partial charge is 0.308 e. The van der Waals surface area contributed by atoms with Gasteiger partial charge in [0.1, 0.15) is 0 Å². The number of carbonyl (C=O) groups excluding carboxylic acids is 1. The molecule has 7 nitrogen and oxygen atoms in total. The minimum Gasteiger partial charge on any atom is -0.481 e. The fourth-order valence-electron chi connectivity index (χ4n) is 3.81. The van der Waals surface area contributed by atoms with Crippen LogP contribution in [0.25, 0.3) is 5.65 Å². The fraction of sp³-hybridized carbons (Fsp3) is 0.529. The summed E-state index contributed by atoms with van der Waals surface area (Å²) in [5.41, 5.74) is 2.76. The molecule has 2 aromatic rings. The lowest BCUT2D eigenvalue weighted by atomic mass is 9.92. The third kappa shape index (κ3) is 2.44. The first-order chi connectivity index (χ1) is 11.4. The zero-order valence-corrected chi connectivity index (χ0v) is 13.8. The topological polar surface area (TPSA) is 87.8 Å². The van der Waals surface area contributed by atoms with Gasteiger partial charge in [-0.3, -0.25) is 9.59 Å². The van der Waals surface area contributed by atoms with Crippen LogP contribution in [0.2, 0.25) is 0 Å². The summed E-state index contributed by atoms with van der Waals surface area (Å²) < 4.78 is 1.66. The normalized spacial score (nSPS) is 23.8. The van der Waals surface area contributed by atoms with E-state index in [2.05, 4.69) is 10.1 Å². The van der Waals surface area contributed by atoms with Crippen molar-refractivity contribution in [2.75, 3.05) is 13.1 Å². The van der Waals surface area contributed by atoms with E-state index in [9.17, 15) is 14.7 Å². The van der Waals surface area contributed by atoms with E-state index in [1.807, 2.05) is 19.9 Å². The van der Waals surface area contributed by atoms with Gasteiger partial charge in [-0.15, -0.1) is 0 Å². The number of rotatable bonds is 3. The Kier molecular flexibility index (Phi) is 3.33. The van der Waals surface area contributed by atoms with Crippen molar-refractivity contribution in [3.63, 3.8) is 0 Å². The van der Waals surface area contributed by atoms with Crippen molar-refractivity contribution in [1.82, 2.24) is 19.5 Å². The highest BCUT2D eigenvalue weighted by atomic mass is 16.4. The molecule has 0 unspecified atom stereocenters. The van der Waals surface area contributed by atoms with Gasteiger partial charge in [-0.2, -0.15) is 5.10 Å². The predicted octanol–water partition coefficient (Wildman–Crippen LogP) is 1.53. The first-order valence-corrected chi connectivity index (χ1v) is 8.30. The van der Waals surface area contributed by atoms with E-state index in [1.54, 1.807) is 15.5 Å². The Morgan fingerprint density at radius 3 is 2.62 bits per heavy atom. The van der Waals surface area contributed by atoms with Gasteiger partial charge in [-0.25, -0.2) is 9.50 Å². The average Bonchev–Trinajstić information content (AvgIpc) is 3.11. The van der Waals surface area contributed by atoms with Crippen molar-refractivity contribution in [2.45, 2.75) is 26.7 Å². The van der Waals surface area contributed by atoms with Gasteiger partial charge in [0, 0.05) is 30.5 Å². The highest BCUT2D eigenvalue weighted by molar-refractivity contribution is 5.94. The molecule has 126 valence electrons. The highest BCUT2D eigenvalue weighted by Gasteiger charge is 2.47. The molecule has 1 saturated carbocycles. The maximum Gasteiger partial charge on any atom is 0.308 e. The van der Waals surface area contributed by atoms with Gasteiger partial charge >= 0.3 is 5.97 Å². The van der Waals surface area contributed by atoms with E-state index >= 15 is 0 Å². The molecule has 3 heterocycles. The Morgan fingerprint density at radius 2 is 1.96 bits per heavy atom. The summed E-state index contributed by atoms with van der Waals surface area (Å²) in [6.07, 6.45) is 2.15. The van der Waals surface area contributed by atoms with Gasteiger partial charge in [-0.1, -0.05) is 0 Å². The average molecular weight is 328 g/mol. The molecule has 4 rings (SSSR count). The zero-order chi connectivity index (χ0) is 17.0. The number of carbonyl (C=O) groups is 2. The van der Waals surface area contributed by atoms with Gasteiger partial charge in [0.2, 0.25) is 0 Å². The number of amides is 1. The van der Waals surface area contributed by atoms with Crippen LogP contribution < -0.4 is 0 Å². The monoisotopic (exact) mass is 328 g/mol. The number of aromatic nitrogens is 3. The molecule has 0 bridgehead atoms. The minimum atomic E-state index is -0.801. The number of nitrogens with zero attached hydrogens (tertiary/aromatic N) is 4. The Balaban J connectivity index is 1.62. The van der Waals surface area contributed by atoms with E-state index in [1.165, 1.54) is 0 Å². The van der Waals surface area contributed by atoms with Crippen LogP contribution in [0.4, 0.5) is 0 Å². The second kappa shape index (κ2) is 5.29. The molecule has 2 aromatic heterocycles. The molecule has 1 N–H and O–H groups in total. The van der Waals surface area contributed by atoms with Crippen molar-refractivity contribution >= 4 is 17.5 Å². The van der Waals surface area contributed by atoms with E-state index in [0.29, 0.717) is 23.8 Å². The van der Waals surface area contributed by atoms with Crippen LogP contribution in [-0.2, 0) is 4.79 Å². The molecule has 0 aromatic carbocycles. The number of fused-ring (bicyclic) bond motifs is 1. The highest BCUT2D eigenvalue weighted by Crippen LogP contribution is 2.44. The van der Waals surface area contributed by atoms with Crippen molar-refractivity contribution < 1.29 is 14.7 Å².